The van der Waals surface area contributed by atoms with Gasteiger partial charge in [-0.25, -0.2) is 0 Å². The van der Waals surface area contributed by atoms with E-state index in [-0.39, 0.29) is 5.91 Å². The van der Waals surface area contributed by atoms with Crippen molar-refractivity contribution in [2.45, 2.75) is 32.7 Å². The summed E-state index contributed by atoms with van der Waals surface area (Å²) in [6.45, 7) is 9.60. The van der Waals surface area contributed by atoms with Crippen molar-refractivity contribution in [3.8, 4) is 0 Å². The maximum atomic E-state index is 11.7. The smallest absolute Gasteiger partial charge is 0.234 e. The molecule has 2 N–H and O–H groups in total. The van der Waals surface area contributed by atoms with Crippen LogP contribution in [-0.2, 0) is 9.53 Å². The van der Waals surface area contributed by atoms with Crippen molar-refractivity contribution in [1.29, 1.82) is 0 Å². The van der Waals surface area contributed by atoms with Crippen molar-refractivity contribution in [2.75, 3.05) is 46.4 Å². The summed E-state index contributed by atoms with van der Waals surface area (Å²) in [6.07, 6.45) is 2.13. The molecule has 0 aromatic rings. The van der Waals surface area contributed by atoms with Gasteiger partial charge in [-0.15, -0.1) is 0 Å². The Bertz CT molecular complexity index is 251. The van der Waals surface area contributed by atoms with Gasteiger partial charge in [-0.3, -0.25) is 4.79 Å². The second-order valence-electron chi connectivity index (χ2n) is 5.71. The number of nitrogens with zero attached hydrogens (tertiary/aromatic N) is 1. The van der Waals surface area contributed by atoms with E-state index in [1.165, 1.54) is 6.54 Å². The fourth-order valence-electron chi connectivity index (χ4n) is 2.43. The zero-order chi connectivity index (χ0) is 14.1. The van der Waals surface area contributed by atoms with Crippen molar-refractivity contribution in [3.63, 3.8) is 0 Å². The normalized spacial score (nSPS) is 17.9. The minimum absolute atomic E-state index is 0.0958. The van der Waals surface area contributed by atoms with Gasteiger partial charge in [-0.1, -0.05) is 13.8 Å². The zero-order valence-electron chi connectivity index (χ0n) is 12.6. The first kappa shape index (κ1) is 16.4. The van der Waals surface area contributed by atoms with E-state index in [2.05, 4.69) is 29.4 Å². The number of methoxy groups -OCH3 is 1. The van der Waals surface area contributed by atoms with Gasteiger partial charge in [0.05, 0.1) is 13.2 Å². The number of carbonyl (C=O) groups is 1. The lowest BCUT2D eigenvalue weighted by Crippen LogP contribution is -2.47. The molecule has 0 aliphatic carbocycles. The van der Waals surface area contributed by atoms with Crippen LogP contribution < -0.4 is 10.6 Å². The van der Waals surface area contributed by atoms with Crippen LogP contribution in [0.5, 0.6) is 0 Å². The topological polar surface area (TPSA) is 53.6 Å². The Kier molecular flexibility index (Phi) is 8.02. The summed E-state index contributed by atoms with van der Waals surface area (Å²) in [4.78, 5) is 14.2. The summed E-state index contributed by atoms with van der Waals surface area (Å²) in [5, 5.41) is 6.16. The summed E-state index contributed by atoms with van der Waals surface area (Å²) in [7, 11) is 1.66. The van der Waals surface area contributed by atoms with Gasteiger partial charge in [0.25, 0.3) is 0 Å². The van der Waals surface area contributed by atoms with Crippen LogP contribution >= 0.6 is 0 Å². The van der Waals surface area contributed by atoms with E-state index < -0.39 is 0 Å². The van der Waals surface area contributed by atoms with E-state index in [1.807, 2.05) is 0 Å². The highest BCUT2D eigenvalue weighted by atomic mass is 16.5. The van der Waals surface area contributed by atoms with Gasteiger partial charge in [-0.2, -0.15) is 0 Å². The molecule has 0 aromatic heterocycles. The van der Waals surface area contributed by atoms with Crippen LogP contribution in [0.15, 0.2) is 0 Å². The molecule has 0 aromatic carbocycles. The number of rotatable bonds is 8. The third kappa shape index (κ3) is 7.50. The molecule has 1 rings (SSSR count). The molecule has 0 radical (unpaired) electrons. The van der Waals surface area contributed by atoms with Gasteiger partial charge < -0.3 is 20.3 Å². The molecule has 19 heavy (non-hydrogen) atoms. The summed E-state index contributed by atoms with van der Waals surface area (Å²) < 4.78 is 4.92. The van der Waals surface area contributed by atoms with Crippen LogP contribution in [0.2, 0.25) is 0 Å². The molecule has 0 unspecified atom stereocenters. The van der Waals surface area contributed by atoms with E-state index in [9.17, 15) is 4.79 Å². The van der Waals surface area contributed by atoms with Gasteiger partial charge in [0.15, 0.2) is 0 Å². The number of piperidine rings is 1. The molecule has 5 heteroatoms. The minimum atomic E-state index is 0.0958. The van der Waals surface area contributed by atoms with Crippen molar-refractivity contribution in [1.82, 2.24) is 15.5 Å². The largest absolute Gasteiger partial charge is 0.383 e. The Morgan fingerprint density at radius 2 is 2.05 bits per heavy atom. The monoisotopic (exact) mass is 271 g/mol. The van der Waals surface area contributed by atoms with Crippen LogP contribution in [0.4, 0.5) is 0 Å². The highest BCUT2D eigenvalue weighted by Gasteiger charge is 2.20. The molecular formula is C14H29N3O2. The highest BCUT2D eigenvalue weighted by Crippen LogP contribution is 2.11. The van der Waals surface area contributed by atoms with E-state index in [0.717, 1.165) is 38.4 Å². The van der Waals surface area contributed by atoms with Gasteiger partial charge in [0.1, 0.15) is 0 Å². The molecule has 5 nitrogen and oxygen atoms in total. The Morgan fingerprint density at radius 1 is 1.37 bits per heavy atom. The van der Waals surface area contributed by atoms with Crippen molar-refractivity contribution in [2.24, 2.45) is 5.92 Å². The van der Waals surface area contributed by atoms with E-state index in [1.54, 1.807) is 7.11 Å². The Hall–Kier alpha value is -0.650. The molecule has 1 amide bonds. The maximum Gasteiger partial charge on any atom is 0.234 e. The van der Waals surface area contributed by atoms with Crippen molar-refractivity contribution in [3.05, 3.63) is 0 Å². The SMILES string of the molecule is COCCNCC(=O)NC1CCN(CC(C)C)CC1. The van der Waals surface area contributed by atoms with Crippen molar-refractivity contribution >= 4 is 5.91 Å². The van der Waals surface area contributed by atoms with E-state index in [4.69, 9.17) is 4.74 Å². The third-order valence-corrected chi connectivity index (χ3v) is 3.34. The summed E-state index contributed by atoms with van der Waals surface area (Å²) in [5.74, 6) is 0.814. The third-order valence-electron chi connectivity index (χ3n) is 3.34. The first-order chi connectivity index (χ1) is 9.11. The summed E-state index contributed by atoms with van der Waals surface area (Å²) in [5.41, 5.74) is 0. The van der Waals surface area contributed by atoms with Gasteiger partial charge in [0, 0.05) is 39.3 Å². The maximum absolute atomic E-state index is 11.7. The Morgan fingerprint density at radius 3 is 2.63 bits per heavy atom. The second kappa shape index (κ2) is 9.28. The fraction of sp³-hybridized carbons (Fsp3) is 0.929. The fourth-order valence-corrected chi connectivity index (χ4v) is 2.43. The molecule has 1 fully saturated rings. The lowest BCUT2D eigenvalue weighted by Gasteiger charge is -2.33. The van der Waals surface area contributed by atoms with Crippen LogP contribution in [0, 0.1) is 5.92 Å². The molecule has 0 bridgehead atoms. The number of carbonyl (C=O) groups excluding carboxylic acids is 1. The number of hydrogen-bond acceptors (Lipinski definition) is 4. The number of nitrogens with one attached hydrogen (secondary N) is 2. The van der Waals surface area contributed by atoms with Gasteiger partial charge in [0.2, 0.25) is 5.91 Å². The van der Waals surface area contributed by atoms with Crippen molar-refractivity contribution < 1.29 is 9.53 Å². The molecule has 0 spiro atoms. The van der Waals surface area contributed by atoms with Crippen LogP contribution in [-0.4, -0.2) is 63.3 Å². The number of hydrogen-bond donors (Lipinski definition) is 2. The highest BCUT2D eigenvalue weighted by molar-refractivity contribution is 5.78. The average Bonchev–Trinajstić information content (AvgIpc) is 2.36. The number of ether oxygens (including phenoxy) is 1. The average molecular weight is 271 g/mol. The molecule has 1 saturated heterocycles. The first-order valence-electron chi connectivity index (χ1n) is 7.33. The Labute approximate surface area is 117 Å². The van der Waals surface area contributed by atoms with Crippen LogP contribution in [0.1, 0.15) is 26.7 Å². The van der Waals surface area contributed by atoms with Gasteiger partial charge in [-0.05, 0) is 18.8 Å². The predicted octanol–water partition coefficient (Wildman–Crippen LogP) is 0.459. The molecule has 1 aliphatic heterocycles. The standard InChI is InChI=1S/C14H29N3O2/c1-12(2)11-17-7-4-13(5-8-17)16-14(18)10-15-6-9-19-3/h12-13,15H,4-11H2,1-3H3,(H,16,18). The van der Waals surface area contributed by atoms with E-state index in [0.29, 0.717) is 19.2 Å². The quantitative estimate of drug-likeness (QED) is 0.630. The minimum Gasteiger partial charge on any atom is -0.383 e. The van der Waals surface area contributed by atoms with Crippen LogP contribution in [0.25, 0.3) is 0 Å². The van der Waals surface area contributed by atoms with Crippen LogP contribution in [0.3, 0.4) is 0 Å². The summed E-state index contributed by atoms with van der Waals surface area (Å²) >= 11 is 0. The molecule has 1 heterocycles. The molecule has 112 valence electrons. The molecular weight excluding hydrogens is 242 g/mol. The molecule has 0 saturated carbocycles. The van der Waals surface area contributed by atoms with Gasteiger partial charge >= 0.3 is 0 Å². The lowest BCUT2D eigenvalue weighted by atomic mass is 10.0. The van der Waals surface area contributed by atoms with E-state index >= 15 is 0 Å². The Balaban J connectivity index is 2.09. The zero-order valence-corrected chi connectivity index (χ0v) is 12.6. The predicted molar refractivity (Wildman–Crippen MR) is 77.2 cm³/mol. The first-order valence-corrected chi connectivity index (χ1v) is 7.33. The number of amides is 1. The molecule has 0 atom stereocenters. The summed E-state index contributed by atoms with van der Waals surface area (Å²) in [6, 6.07) is 0.347. The lowest BCUT2D eigenvalue weighted by molar-refractivity contribution is -0.121. The number of likely N-dealkylation sites (tertiary alicyclic amines) is 1. The second-order valence-corrected chi connectivity index (χ2v) is 5.71. The molecule has 1 aliphatic rings.